The molecule has 0 aromatic heterocycles. The lowest BCUT2D eigenvalue weighted by Gasteiger charge is -2.27. The minimum Gasteiger partial charge on any atom is -0.379 e. The molecular weight excluding hydrogens is 321 g/mol. The molecule has 1 rings (SSSR count). The second kappa shape index (κ2) is 8.11. The maximum atomic E-state index is 13.7. The first-order valence-corrected chi connectivity index (χ1v) is 7.92. The van der Waals surface area contributed by atoms with Crippen LogP contribution in [0.2, 0.25) is 0 Å². The quantitative estimate of drug-likeness (QED) is 0.728. The zero-order valence-corrected chi connectivity index (χ0v) is 14.4. The normalized spacial score (nSPS) is 13.5. The average molecular weight is 346 g/mol. The van der Waals surface area contributed by atoms with Gasteiger partial charge in [-0.3, -0.25) is 0 Å². The van der Waals surface area contributed by atoms with Gasteiger partial charge in [0.1, 0.15) is 5.82 Å². The van der Waals surface area contributed by atoms with Crippen LogP contribution in [0.4, 0.5) is 4.39 Å². The van der Waals surface area contributed by atoms with Crippen molar-refractivity contribution >= 4 is 15.9 Å². The second-order valence-electron chi connectivity index (χ2n) is 5.68. The predicted molar refractivity (Wildman–Crippen MR) is 85.5 cm³/mol. The molecule has 4 heteroatoms. The zero-order valence-electron chi connectivity index (χ0n) is 12.8. The van der Waals surface area contributed by atoms with Crippen LogP contribution >= 0.6 is 15.9 Å². The average Bonchev–Trinajstić information content (AvgIpc) is 2.42. The number of hydrogen-bond acceptors (Lipinski definition) is 2. The van der Waals surface area contributed by atoms with Crippen molar-refractivity contribution in [3.8, 4) is 0 Å². The molecule has 0 heterocycles. The Balaban J connectivity index is 2.79. The highest BCUT2D eigenvalue weighted by molar-refractivity contribution is 9.10. The Morgan fingerprint density at radius 2 is 2.10 bits per heavy atom. The third-order valence-electron chi connectivity index (χ3n) is 3.57. The van der Waals surface area contributed by atoms with Gasteiger partial charge in [-0.05, 0) is 73.3 Å². The summed E-state index contributed by atoms with van der Waals surface area (Å²) in [4.78, 5) is 0. The van der Waals surface area contributed by atoms with Crippen LogP contribution in [-0.4, -0.2) is 19.3 Å². The van der Waals surface area contributed by atoms with Crippen LogP contribution in [0.15, 0.2) is 22.7 Å². The van der Waals surface area contributed by atoms with E-state index in [-0.39, 0.29) is 17.5 Å². The van der Waals surface area contributed by atoms with E-state index < -0.39 is 0 Å². The van der Waals surface area contributed by atoms with Gasteiger partial charge in [-0.15, -0.1) is 0 Å². The van der Waals surface area contributed by atoms with Gasteiger partial charge in [0.25, 0.3) is 0 Å². The van der Waals surface area contributed by atoms with Gasteiger partial charge >= 0.3 is 0 Å². The number of methoxy groups -OCH3 is 1. The molecule has 0 fully saturated rings. The fourth-order valence-corrected chi connectivity index (χ4v) is 2.27. The Labute approximate surface area is 130 Å². The maximum absolute atomic E-state index is 13.7. The van der Waals surface area contributed by atoms with Crippen LogP contribution < -0.4 is 5.32 Å². The summed E-state index contributed by atoms with van der Waals surface area (Å²) in [6, 6.07) is 5.51. The number of benzene rings is 1. The van der Waals surface area contributed by atoms with Crippen molar-refractivity contribution < 1.29 is 9.13 Å². The number of halogens is 2. The molecular formula is C16H25BrFNO. The Hall–Kier alpha value is -0.450. The highest BCUT2D eigenvalue weighted by Crippen LogP contribution is 2.27. The van der Waals surface area contributed by atoms with Crippen LogP contribution in [0.5, 0.6) is 0 Å². The summed E-state index contributed by atoms with van der Waals surface area (Å²) in [7, 11) is 1.73. The molecule has 2 nitrogen and oxygen atoms in total. The van der Waals surface area contributed by atoms with Crippen LogP contribution in [0.3, 0.4) is 0 Å². The van der Waals surface area contributed by atoms with Crippen molar-refractivity contribution in [3.05, 3.63) is 34.1 Å². The topological polar surface area (TPSA) is 21.3 Å². The summed E-state index contributed by atoms with van der Waals surface area (Å²) in [5.74, 6) is -0.211. The van der Waals surface area contributed by atoms with E-state index in [1.807, 2.05) is 6.07 Å². The van der Waals surface area contributed by atoms with Crippen LogP contribution in [-0.2, 0) is 4.74 Å². The minimum absolute atomic E-state index is 0.153. The van der Waals surface area contributed by atoms with Gasteiger partial charge < -0.3 is 10.1 Å². The minimum atomic E-state index is -0.211. The molecule has 0 bridgehead atoms. The van der Waals surface area contributed by atoms with Crippen molar-refractivity contribution in [1.29, 1.82) is 0 Å². The van der Waals surface area contributed by atoms with E-state index >= 15 is 0 Å². The van der Waals surface area contributed by atoms with E-state index in [9.17, 15) is 4.39 Å². The fraction of sp³-hybridized carbons (Fsp3) is 0.625. The molecule has 0 amide bonds. The Morgan fingerprint density at radius 3 is 2.65 bits per heavy atom. The second-order valence-corrected chi connectivity index (χ2v) is 6.54. The number of nitrogens with one attached hydrogen (secondary N) is 1. The van der Waals surface area contributed by atoms with Gasteiger partial charge in [0.15, 0.2) is 0 Å². The van der Waals surface area contributed by atoms with Gasteiger partial charge in [-0.2, -0.15) is 0 Å². The van der Waals surface area contributed by atoms with Crippen molar-refractivity contribution in [1.82, 2.24) is 5.32 Å². The van der Waals surface area contributed by atoms with Crippen molar-refractivity contribution in [2.45, 2.75) is 51.7 Å². The van der Waals surface area contributed by atoms with Crippen molar-refractivity contribution in [3.63, 3.8) is 0 Å². The SMILES string of the molecule is CCCNC(CCC(C)(C)OC)c1ccc(Br)c(F)c1. The lowest BCUT2D eigenvalue weighted by Crippen LogP contribution is -2.28. The van der Waals surface area contributed by atoms with E-state index in [2.05, 4.69) is 42.0 Å². The number of rotatable bonds is 8. The van der Waals surface area contributed by atoms with E-state index in [1.165, 1.54) is 0 Å². The van der Waals surface area contributed by atoms with Crippen LogP contribution in [0, 0.1) is 5.82 Å². The third-order valence-corrected chi connectivity index (χ3v) is 4.22. The molecule has 1 aromatic carbocycles. The van der Waals surface area contributed by atoms with E-state index in [1.54, 1.807) is 19.2 Å². The Bertz CT molecular complexity index is 423. The summed E-state index contributed by atoms with van der Waals surface area (Å²) < 4.78 is 19.7. The van der Waals surface area contributed by atoms with Crippen molar-refractivity contribution in [2.24, 2.45) is 0 Å². The maximum Gasteiger partial charge on any atom is 0.137 e. The van der Waals surface area contributed by atoms with E-state index in [0.717, 1.165) is 31.4 Å². The first kappa shape index (κ1) is 17.6. The van der Waals surface area contributed by atoms with E-state index in [0.29, 0.717) is 4.47 Å². The third kappa shape index (κ3) is 5.51. The standard InChI is InChI=1S/C16H25BrFNO/c1-5-10-19-15(8-9-16(2,3)20-4)12-6-7-13(17)14(18)11-12/h6-7,11,15,19H,5,8-10H2,1-4H3. The molecule has 1 atom stereocenters. The molecule has 0 radical (unpaired) electrons. The molecule has 1 unspecified atom stereocenters. The van der Waals surface area contributed by atoms with Gasteiger partial charge in [-0.1, -0.05) is 13.0 Å². The summed E-state index contributed by atoms with van der Waals surface area (Å²) >= 11 is 3.20. The first-order chi connectivity index (χ1) is 9.39. The largest absolute Gasteiger partial charge is 0.379 e. The Kier molecular flexibility index (Phi) is 7.13. The monoisotopic (exact) mass is 345 g/mol. The summed E-state index contributed by atoms with van der Waals surface area (Å²) in [5.41, 5.74) is 0.839. The van der Waals surface area contributed by atoms with E-state index in [4.69, 9.17) is 4.74 Å². The smallest absolute Gasteiger partial charge is 0.137 e. The summed E-state index contributed by atoms with van der Waals surface area (Å²) in [5, 5.41) is 3.49. The lowest BCUT2D eigenvalue weighted by atomic mass is 9.94. The summed E-state index contributed by atoms with van der Waals surface area (Å²) in [6.07, 6.45) is 2.90. The molecule has 0 spiro atoms. The molecule has 1 N–H and O–H groups in total. The predicted octanol–water partition coefficient (Wildman–Crippen LogP) is 4.83. The molecule has 0 saturated heterocycles. The van der Waals surface area contributed by atoms with Gasteiger partial charge in [0.2, 0.25) is 0 Å². The molecule has 114 valence electrons. The molecule has 0 aliphatic rings. The van der Waals surface area contributed by atoms with Crippen LogP contribution in [0.25, 0.3) is 0 Å². The molecule has 1 aromatic rings. The van der Waals surface area contributed by atoms with Gasteiger partial charge in [0, 0.05) is 13.2 Å². The fourth-order valence-electron chi connectivity index (χ4n) is 2.03. The highest BCUT2D eigenvalue weighted by Gasteiger charge is 2.20. The lowest BCUT2D eigenvalue weighted by molar-refractivity contribution is 0.0117. The molecule has 20 heavy (non-hydrogen) atoms. The summed E-state index contributed by atoms with van der Waals surface area (Å²) in [6.45, 7) is 7.21. The Morgan fingerprint density at radius 1 is 1.40 bits per heavy atom. The molecule has 0 aliphatic heterocycles. The highest BCUT2D eigenvalue weighted by atomic mass is 79.9. The molecule has 0 saturated carbocycles. The number of hydrogen-bond donors (Lipinski definition) is 1. The number of ether oxygens (including phenoxy) is 1. The van der Waals surface area contributed by atoms with Crippen LogP contribution in [0.1, 0.15) is 51.6 Å². The van der Waals surface area contributed by atoms with Gasteiger partial charge in [-0.25, -0.2) is 4.39 Å². The zero-order chi connectivity index (χ0) is 15.2. The van der Waals surface area contributed by atoms with Crippen molar-refractivity contribution in [2.75, 3.05) is 13.7 Å². The molecule has 0 aliphatic carbocycles. The van der Waals surface area contributed by atoms with Gasteiger partial charge in [0.05, 0.1) is 10.1 Å². The first-order valence-electron chi connectivity index (χ1n) is 7.13.